The number of halogens is 1. The van der Waals surface area contributed by atoms with Crippen LogP contribution in [-0.4, -0.2) is 33.9 Å². The summed E-state index contributed by atoms with van der Waals surface area (Å²) in [5, 5.41) is 15.9. The normalized spacial score (nSPS) is 10.3. The predicted molar refractivity (Wildman–Crippen MR) is 68.0 cm³/mol. The number of carbonyl (C=O) groups excluding carboxylic acids is 1. The summed E-state index contributed by atoms with van der Waals surface area (Å²) < 4.78 is 1.59. The van der Waals surface area contributed by atoms with Gasteiger partial charge in [0.2, 0.25) is 0 Å². The van der Waals surface area contributed by atoms with E-state index in [1.807, 2.05) is 12.1 Å². The van der Waals surface area contributed by atoms with Crippen molar-refractivity contribution < 1.29 is 9.90 Å². The molecule has 2 rings (SSSR count). The maximum Gasteiger partial charge on any atom is 0.254 e. The molecule has 2 N–H and O–H groups in total. The Morgan fingerprint density at radius 2 is 2.11 bits per heavy atom. The van der Waals surface area contributed by atoms with Gasteiger partial charge in [0.15, 0.2) is 0 Å². The van der Waals surface area contributed by atoms with Crippen LogP contribution < -0.4 is 5.32 Å². The van der Waals surface area contributed by atoms with Crippen molar-refractivity contribution in [2.75, 3.05) is 13.2 Å². The lowest BCUT2D eigenvalue weighted by atomic mass is 10.3. The Labute approximate surface area is 109 Å². The standard InChI is InChI=1S/C12H12ClN3O2/c13-10-1-3-11(4-2-10)16-8-9(7-15-16)12(18)14-5-6-17/h1-4,7-8,17H,5-6H2,(H,14,18). The number of benzene rings is 1. The number of nitrogens with one attached hydrogen (secondary N) is 1. The molecule has 0 saturated heterocycles. The summed E-state index contributed by atoms with van der Waals surface area (Å²) in [6, 6.07) is 7.13. The predicted octanol–water partition coefficient (Wildman–Crippen LogP) is 1.25. The third-order valence-corrected chi connectivity index (χ3v) is 2.59. The monoisotopic (exact) mass is 265 g/mol. The Balaban J connectivity index is 2.15. The van der Waals surface area contributed by atoms with Crippen LogP contribution in [0.5, 0.6) is 0 Å². The highest BCUT2D eigenvalue weighted by Gasteiger charge is 2.08. The molecule has 0 fully saturated rings. The number of aliphatic hydroxyl groups is 1. The minimum Gasteiger partial charge on any atom is -0.395 e. The van der Waals surface area contributed by atoms with Crippen LogP contribution in [0.25, 0.3) is 5.69 Å². The number of amides is 1. The number of nitrogens with zero attached hydrogens (tertiary/aromatic N) is 2. The first-order valence-electron chi connectivity index (χ1n) is 5.40. The number of rotatable bonds is 4. The fourth-order valence-corrected chi connectivity index (χ4v) is 1.57. The molecular formula is C12H12ClN3O2. The molecule has 0 aliphatic rings. The first-order chi connectivity index (χ1) is 8.70. The summed E-state index contributed by atoms with van der Waals surface area (Å²) in [6.45, 7) is 0.141. The van der Waals surface area contributed by atoms with Crippen LogP contribution in [0.1, 0.15) is 10.4 Å². The fraction of sp³-hybridized carbons (Fsp3) is 0.167. The number of aliphatic hydroxyl groups excluding tert-OH is 1. The Hall–Kier alpha value is -1.85. The van der Waals surface area contributed by atoms with Crippen LogP contribution >= 0.6 is 11.6 Å². The van der Waals surface area contributed by atoms with E-state index in [4.69, 9.17) is 16.7 Å². The molecular weight excluding hydrogens is 254 g/mol. The first-order valence-corrected chi connectivity index (χ1v) is 5.78. The lowest BCUT2D eigenvalue weighted by Gasteiger charge is -2.01. The van der Waals surface area contributed by atoms with Crippen LogP contribution in [0.3, 0.4) is 0 Å². The Bertz CT molecular complexity index is 537. The number of carbonyl (C=O) groups is 1. The molecule has 6 heteroatoms. The van der Waals surface area contributed by atoms with E-state index in [-0.39, 0.29) is 19.1 Å². The molecule has 0 bridgehead atoms. The average Bonchev–Trinajstić information content (AvgIpc) is 2.86. The average molecular weight is 266 g/mol. The molecule has 0 atom stereocenters. The van der Waals surface area contributed by atoms with Crippen LogP contribution in [0.15, 0.2) is 36.7 Å². The van der Waals surface area contributed by atoms with Crippen LogP contribution in [0.4, 0.5) is 0 Å². The van der Waals surface area contributed by atoms with Crippen molar-refractivity contribution in [3.8, 4) is 5.69 Å². The summed E-state index contributed by atoms with van der Waals surface area (Å²) >= 11 is 5.79. The van der Waals surface area contributed by atoms with Gasteiger partial charge in [-0.3, -0.25) is 4.79 Å². The van der Waals surface area contributed by atoms with Gasteiger partial charge in [-0.1, -0.05) is 11.6 Å². The zero-order chi connectivity index (χ0) is 13.0. The molecule has 1 amide bonds. The van der Waals surface area contributed by atoms with Gasteiger partial charge in [-0.05, 0) is 24.3 Å². The quantitative estimate of drug-likeness (QED) is 0.874. The molecule has 0 saturated carbocycles. The molecule has 2 aromatic rings. The lowest BCUT2D eigenvalue weighted by molar-refractivity contribution is 0.0945. The highest BCUT2D eigenvalue weighted by Crippen LogP contribution is 2.13. The van der Waals surface area contributed by atoms with E-state index in [2.05, 4.69) is 10.4 Å². The number of aromatic nitrogens is 2. The summed E-state index contributed by atoms with van der Waals surface area (Å²) in [4.78, 5) is 11.6. The second kappa shape index (κ2) is 5.66. The van der Waals surface area contributed by atoms with Gasteiger partial charge in [0, 0.05) is 17.8 Å². The van der Waals surface area contributed by atoms with Gasteiger partial charge in [0.05, 0.1) is 24.1 Å². The van der Waals surface area contributed by atoms with Crippen LogP contribution in [0.2, 0.25) is 5.02 Å². The smallest absolute Gasteiger partial charge is 0.254 e. The summed E-state index contributed by atoms with van der Waals surface area (Å²) in [7, 11) is 0. The van der Waals surface area contributed by atoms with E-state index in [1.165, 1.54) is 6.20 Å². The maximum atomic E-state index is 11.6. The minimum atomic E-state index is -0.260. The van der Waals surface area contributed by atoms with E-state index >= 15 is 0 Å². The topological polar surface area (TPSA) is 67.2 Å². The molecule has 0 aliphatic carbocycles. The molecule has 0 unspecified atom stereocenters. The van der Waals surface area contributed by atoms with Gasteiger partial charge in [0.1, 0.15) is 0 Å². The first kappa shape index (κ1) is 12.6. The number of hydrogen-bond acceptors (Lipinski definition) is 3. The van der Waals surface area contributed by atoms with Gasteiger partial charge in [0.25, 0.3) is 5.91 Å². The van der Waals surface area contributed by atoms with E-state index in [9.17, 15) is 4.79 Å². The molecule has 1 aromatic carbocycles. The maximum absolute atomic E-state index is 11.6. The van der Waals surface area contributed by atoms with Crippen molar-refractivity contribution in [2.45, 2.75) is 0 Å². The van der Waals surface area contributed by atoms with E-state index in [1.54, 1.807) is 23.0 Å². The zero-order valence-corrected chi connectivity index (χ0v) is 10.3. The summed E-state index contributed by atoms with van der Waals surface area (Å²) in [6.07, 6.45) is 3.09. The molecule has 18 heavy (non-hydrogen) atoms. The molecule has 5 nitrogen and oxygen atoms in total. The largest absolute Gasteiger partial charge is 0.395 e. The Morgan fingerprint density at radius 1 is 1.39 bits per heavy atom. The molecule has 1 heterocycles. The van der Waals surface area contributed by atoms with E-state index < -0.39 is 0 Å². The van der Waals surface area contributed by atoms with Crippen molar-refractivity contribution in [1.29, 1.82) is 0 Å². The number of hydrogen-bond donors (Lipinski definition) is 2. The molecule has 0 aliphatic heterocycles. The van der Waals surface area contributed by atoms with Crippen molar-refractivity contribution in [3.05, 3.63) is 47.2 Å². The van der Waals surface area contributed by atoms with Crippen LogP contribution in [0, 0.1) is 0 Å². The van der Waals surface area contributed by atoms with Gasteiger partial charge in [-0.25, -0.2) is 4.68 Å². The second-order valence-corrected chi connectivity index (χ2v) is 4.07. The van der Waals surface area contributed by atoms with Crippen molar-refractivity contribution in [1.82, 2.24) is 15.1 Å². The van der Waals surface area contributed by atoms with Gasteiger partial charge < -0.3 is 10.4 Å². The van der Waals surface area contributed by atoms with Gasteiger partial charge in [-0.2, -0.15) is 5.10 Å². The summed E-state index contributed by atoms with van der Waals surface area (Å²) in [5.41, 5.74) is 1.26. The second-order valence-electron chi connectivity index (χ2n) is 3.63. The van der Waals surface area contributed by atoms with E-state index in [0.717, 1.165) is 5.69 Å². The van der Waals surface area contributed by atoms with Crippen molar-refractivity contribution >= 4 is 17.5 Å². The molecule has 0 spiro atoms. The fourth-order valence-electron chi connectivity index (χ4n) is 1.45. The minimum absolute atomic E-state index is 0.0862. The Morgan fingerprint density at radius 3 is 2.78 bits per heavy atom. The van der Waals surface area contributed by atoms with Crippen LogP contribution in [-0.2, 0) is 0 Å². The lowest BCUT2D eigenvalue weighted by Crippen LogP contribution is -2.25. The highest BCUT2D eigenvalue weighted by molar-refractivity contribution is 6.30. The van der Waals surface area contributed by atoms with Crippen molar-refractivity contribution in [2.24, 2.45) is 0 Å². The van der Waals surface area contributed by atoms with Gasteiger partial charge in [-0.15, -0.1) is 0 Å². The third kappa shape index (κ3) is 2.88. The van der Waals surface area contributed by atoms with E-state index in [0.29, 0.717) is 10.6 Å². The highest BCUT2D eigenvalue weighted by atomic mass is 35.5. The SMILES string of the molecule is O=C(NCCO)c1cnn(-c2ccc(Cl)cc2)c1. The third-order valence-electron chi connectivity index (χ3n) is 2.33. The summed E-state index contributed by atoms with van der Waals surface area (Å²) in [5.74, 6) is -0.260. The van der Waals surface area contributed by atoms with Gasteiger partial charge >= 0.3 is 0 Å². The Kier molecular flexibility index (Phi) is 3.96. The van der Waals surface area contributed by atoms with Crippen molar-refractivity contribution in [3.63, 3.8) is 0 Å². The molecule has 1 aromatic heterocycles. The molecule has 0 radical (unpaired) electrons. The zero-order valence-electron chi connectivity index (χ0n) is 9.51. The molecule has 94 valence electrons.